The van der Waals surface area contributed by atoms with Gasteiger partial charge >= 0.3 is 0 Å². The molecule has 1 amide bonds. The third-order valence-electron chi connectivity index (χ3n) is 2.84. The van der Waals surface area contributed by atoms with Crippen molar-refractivity contribution < 1.29 is 9.18 Å². The van der Waals surface area contributed by atoms with Crippen molar-refractivity contribution in [2.24, 2.45) is 0 Å². The molecule has 0 aliphatic carbocycles. The maximum absolute atomic E-state index is 13.6. The fraction of sp³-hybridized carbons (Fsp3) is 0.154. The lowest BCUT2D eigenvalue weighted by Crippen LogP contribution is -2.25. The van der Waals surface area contributed by atoms with Crippen LogP contribution < -0.4 is 5.32 Å². The fourth-order valence-corrected chi connectivity index (χ4v) is 2.86. The Balaban J connectivity index is 1.68. The van der Waals surface area contributed by atoms with Crippen molar-refractivity contribution >= 4 is 27.3 Å². The maximum atomic E-state index is 13.6. The van der Waals surface area contributed by atoms with Crippen LogP contribution in [0.2, 0.25) is 0 Å². The predicted octanol–water partition coefficient (Wildman–Crippen LogP) is 2.13. The van der Waals surface area contributed by atoms with E-state index in [2.05, 4.69) is 20.5 Å². The molecule has 0 atom stereocenters. The van der Waals surface area contributed by atoms with Crippen LogP contribution in [-0.2, 0) is 6.42 Å². The number of nitrogens with zero attached hydrogens (tertiary/aromatic N) is 2. The number of nitrogens with one attached hydrogen (secondary N) is 2. The molecule has 0 spiro atoms. The molecule has 7 heteroatoms. The number of carbonyl (C=O) groups excluding carboxylic acids is 1. The van der Waals surface area contributed by atoms with Crippen molar-refractivity contribution in [2.45, 2.75) is 6.42 Å². The largest absolute Gasteiger partial charge is 0.351 e. The van der Waals surface area contributed by atoms with Crippen LogP contribution in [0.15, 0.2) is 30.6 Å². The average molecular weight is 290 g/mol. The van der Waals surface area contributed by atoms with Gasteiger partial charge in [-0.15, -0.1) is 11.3 Å². The van der Waals surface area contributed by atoms with Crippen LogP contribution in [0.4, 0.5) is 4.39 Å². The van der Waals surface area contributed by atoms with E-state index in [0.717, 1.165) is 4.70 Å². The highest BCUT2D eigenvalue weighted by Gasteiger charge is 2.12. The van der Waals surface area contributed by atoms with E-state index in [0.29, 0.717) is 29.1 Å². The van der Waals surface area contributed by atoms with E-state index in [1.165, 1.54) is 23.7 Å². The van der Waals surface area contributed by atoms with Gasteiger partial charge in [-0.2, -0.15) is 5.10 Å². The first-order chi connectivity index (χ1) is 9.74. The lowest BCUT2D eigenvalue weighted by atomic mass is 10.2. The molecule has 0 saturated carbocycles. The van der Waals surface area contributed by atoms with Crippen molar-refractivity contribution in [3.63, 3.8) is 0 Å². The minimum Gasteiger partial charge on any atom is -0.351 e. The van der Waals surface area contributed by atoms with Gasteiger partial charge in [0.1, 0.15) is 18.0 Å². The van der Waals surface area contributed by atoms with Crippen LogP contribution >= 0.6 is 11.3 Å². The van der Waals surface area contributed by atoms with Gasteiger partial charge in [0.05, 0.1) is 4.88 Å². The number of halogens is 1. The quantitative estimate of drug-likeness (QED) is 0.773. The lowest BCUT2D eigenvalue weighted by molar-refractivity contribution is 0.0958. The van der Waals surface area contributed by atoms with E-state index in [1.54, 1.807) is 18.2 Å². The minimum absolute atomic E-state index is 0.204. The molecule has 0 aliphatic heterocycles. The summed E-state index contributed by atoms with van der Waals surface area (Å²) in [7, 11) is 0. The van der Waals surface area contributed by atoms with Crippen LogP contribution in [0.3, 0.4) is 0 Å². The Morgan fingerprint density at radius 3 is 3.10 bits per heavy atom. The van der Waals surface area contributed by atoms with Crippen LogP contribution in [0.5, 0.6) is 0 Å². The molecule has 1 aromatic carbocycles. The van der Waals surface area contributed by atoms with Gasteiger partial charge in [0.2, 0.25) is 0 Å². The molecule has 2 aromatic heterocycles. The number of aromatic amines is 1. The molecule has 102 valence electrons. The molecule has 2 heterocycles. The van der Waals surface area contributed by atoms with Gasteiger partial charge in [-0.25, -0.2) is 9.37 Å². The van der Waals surface area contributed by atoms with Gasteiger partial charge < -0.3 is 5.32 Å². The van der Waals surface area contributed by atoms with Gasteiger partial charge in [-0.1, -0.05) is 6.07 Å². The number of carbonyl (C=O) groups is 1. The average Bonchev–Trinajstić information content (AvgIpc) is 3.07. The number of aromatic nitrogens is 3. The monoisotopic (exact) mass is 290 g/mol. The first-order valence-corrected chi connectivity index (χ1v) is 6.86. The van der Waals surface area contributed by atoms with Crippen molar-refractivity contribution in [2.75, 3.05) is 6.54 Å². The van der Waals surface area contributed by atoms with E-state index >= 15 is 0 Å². The number of thiophene rings is 1. The second-order valence-electron chi connectivity index (χ2n) is 4.20. The molecular formula is C13H11FN4OS. The van der Waals surface area contributed by atoms with Gasteiger partial charge in [0.15, 0.2) is 0 Å². The Morgan fingerprint density at radius 1 is 1.45 bits per heavy atom. The number of fused-ring (bicyclic) bond motifs is 1. The van der Waals surface area contributed by atoms with Crippen LogP contribution in [0.1, 0.15) is 15.5 Å². The third-order valence-corrected chi connectivity index (χ3v) is 3.94. The summed E-state index contributed by atoms with van der Waals surface area (Å²) < 4.78 is 14.3. The standard InChI is InChI=1S/C13H11FN4OS/c14-9-2-1-3-10-8(9)6-11(20-10)13(19)15-5-4-12-16-7-17-18-12/h1-3,6-7H,4-5H2,(H,15,19)(H,16,17,18). The van der Waals surface area contributed by atoms with E-state index in [9.17, 15) is 9.18 Å². The van der Waals surface area contributed by atoms with Crippen LogP contribution in [0.25, 0.3) is 10.1 Å². The van der Waals surface area contributed by atoms with Crippen molar-refractivity contribution in [1.29, 1.82) is 0 Å². The van der Waals surface area contributed by atoms with E-state index < -0.39 is 0 Å². The topological polar surface area (TPSA) is 70.7 Å². The molecular weight excluding hydrogens is 279 g/mol. The lowest BCUT2D eigenvalue weighted by Gasteiger charge is -2.00. The summed E-state index contributed by atoms with van der Waals surface area (Å²) in [5.41, 5.74) is 0. The second kappa shape index (κ2) is 5.38. The Morgan fingerprint density at radius 2 is 2.35 bits per heavy atom. The van der Waals surface area contributed by atoms with Gasteiger partial charge in [0.25, 0.3) is 5.91 Å². The molecule has 0 saturated heterocycles. The molecule has 0 unspecified atom stereocenters. The summed E-state index contributed by atoms with van der Waals surface area (Å²) in [5.74, 6) is 0.206. The highest BCUT2D eigenvalue weighted by molar-refractivity contribution is 7.20. The Bertz CT molecular complexity index is 738. The summed E-state index contributed by atoms with van der Waals surface area (Å²) in [6, 6.07) is 6.41. The number of amides is 1. The summed E-state index contributed by atoms with van der Waals surface area (Å²) in [6.07, 6.45) is 2.00. The second-order valence-corrected chi connectivity index (χ2v) is 5.28. The fourth-order valence-electron chi connectivity index (χ4n) is 1.87. The number of rotatable bonds is 4. The van der Waals surface area contributed by atoms with Crippen LogP contribution in [0, 0.1) is 5.82 Å². The summed E-state index contributed by atoms with van der Waals surface area (Å²) >= 11 is 1.28. The molecule has 0 aliphatic rings. The summed E-state index contributed by atoms with van der Waals surface area (Å²) in [6.45, 7) is 0.449. The smallest absolute Gasteiger partial charge is 0.261 e. The van der Waals surface area contributed by atoms with Crippen molar-refractivity contribution in [3.8, 4) is 0 Å². The molecule has 0 fully saturated rings. The normalized spacial score (nSPS) is 10.8. The number of hydrogen-bond acceptors (Lipinski definition) is 4. The zero-order valence-electron chi connectivity index (χ0n) is 10.4. The van der Waals surface area contributed by atoms with E-state index in [-0.39, 0.29) is 11.7 Å². The van der Waals surface area contributed by atoms with E-state index in [4.69, 9.17) is 0 Å². The maximum Gasteiger partial charge on any atom is 0.261 e. The highest BCUT2D eigenvalue weighted by Crippen LogP contribution is 2.27. The van der Waals surface area contributed by atoms with Gasteiger partial charge in [-0.05, 0) is 18.2 Å². The van der Waals surface area contributed by atoms with Gasteiger partial charge in [-0.3, -0.25) is 9.89 Å². The predicted molar refractivity (Wildman–Crippen MR) is 74.2 cm³/mol. The van der Waals surface area contributed by atoms with Crippen molar-refractivity contribution in [1.82, 2.24) is 20.5 Å². The number of benzene rings is 1. The molecule has 3 rings (SSSR count). The minimum atomic E-state index is -0.306. The zero-order valence-corrected chi connectivity index (χ0v) is 11.2. The zero-order chi connectivity index (χ0) is 13.9. The first kappa shape index (κ1) is 12.7. The SMILES string of the molecule is O=C(NCCc1ncn[nH]1)c1cc2c(F)cccc2s1. The number of hydrogen-bond donors (Lipinski definition) is 2. The van der Waals surface area contributed by atoms with Crippen LogP contribution in [-0.4, -0.2) is 27.6 Å². The molecule has 0 radical (unpaired) electrons. The molecule has 2 N–H and O–H groups in total. The Hall–Kier alpha value is -2.28. The van der Waals surface area contributed by atoms with Crippen molar-refractivity contribution in [3.05, 3.63) is 47.1 Å². The first-order valence-electron chi connectivity index (χ1n) is 6.04. The third kappa shape index (κ3) is 2.53. The van der Waals surface area contributed by atoms with Gasteiger partial charge in [0, 0.05) is 23.1 Å². The molecule has 0 bridgehead atoms. The summed E-state index contributed by atoms with van der Waals surface area (Å²) in [4.78, 5) is 16.5. The summed E-state index contributed by atoms with van der Waals surface area (Å²) in [5, 5.41) is 9.71. The van der Waals surface area contributed by atoms with E-state index in [1.807, 2.05) is 0 Å². The highest BCUT2D eigenvalue weighted by atomic mass is 32.1. The molecule has 20 heavy (non-hydrogen) atoms. The molecule has 3 aromatic rings. The molecule has 5 nitrogen and oxygen atoms in total. The number of H-pyrrole nitrogens is 1. The Kier molecular flexibility index (Phi) is 3.42. The Labute approximate surface area is 117 Å².